The van der Waals surface area contributed by atoms with Gasteiger partial charge in [0.05, 0.1) is 11.2 Å². The second kappa shape index (κ2) is 10.3. The third kappa shape index (κ3) is 4.45. The van der Waals surface area contributed by atoms with E-state index in [0.717, 1.165) is 38.7 Å². The van der Waals surface area contributed by atoms with E-state index in [1.807, 2.05) is 24.3 Å². The first-order valence-corrected chi connectivity index (χ1v) is 14.5. The van der Waals surface area contributed by atoms with E-state index >= 15 is 0 Å². The molecule has 202 valence electrons. The summed E-state index contributed by atoms with van der Waals surface area (Å²) in [6, 6.07) is 53.8. The molecule has 0 aliphatic rings. The van der Waals surface area contributed by atoms with Crippen LogP contribution >= 0.6 is 0 Å². The molecule has 2 heteroatoms. The zero-order valence-corrected chi connectivity index (χ0v) is 23.3. The maximum absolute atomic E-state index is 13.9. The number of benzene rings is 7. The van der Waals surface area contributed by atoms with Crippen LogP contribution in [-0.2, 0) is 0 Å². The predicted octanol–water partition coefficient (Wildman–Crippen LogP) is 11.3. The standard InChI is InChI=1S/C41H26FN/c42-33-24-22-32(23-25-33)41-38-26-37(34-10-4-5-11-35(34)40(38)36-12-6-7-13-39(36)43-41)31-20-18-30(19-21-31)29-16-14-28(15-17-29)27-8-2-1-3-9-27/h1-26H. The molecule has 43 heavy (non-hydrogen) atoms. The summed E-state index contributed by atoms with van der Waals surface area (Å²) in [5.41, 5.74) is 9.75. The van der Waals surface area contributed by atoms with Crippen molar-refractivity contribution in [3.63, 3.8) is 0 Å². The SMILES string of the molecule is Fc1ccc(-c2nc3ccccc3c3c2cc(-c2ccc(-c4ccc(-c5ccccc5)cc4)cc2)c2ccccc23)cc1. The first kappa shape index (κ1) is 25.1. The van der Waals surface area contributed by atoms with Crippen LogP contribution in [-0.4, -0.2) is 4.98 Å². The van der Waals surface area contributed by atoms with Gasteiger partial charge in [-0.1, -0.05) is 121 Å². The van der Waals surface area contributed by atoms with Crippen molar-refractivity contribution in [1.82, 2.24) is 4.98 Å². The lowest BCUT2D eigenvalue weighted by Gasteiger charge is -2.16. The highest BCUT2D eigenvalue weighted by Crippen LogP contribution is 2.42. The highest BCUT2D eigenvalue weighted by atomic mass is 19.1. The van der Waals surface area contributed by atoms with Crippen LogP contribution in [0.5, 0.6) is 0 Å². The van der Waals surface area contributed by atoms with Crippen molar-refractivity contribution in [2.24, 2.45) is 0 Å². The summed E-state index contributed by atoms with van der Waals surface area (Å²) in [7, 11) is 0. The largest absolute Gasteiger partial charge is 0.247 e. The van der Waals surface area contributed by atoms with Gasteiger partial charge >= 0.3 is 0 Å². The molecule has 1 heterocycles. The molecule has 0 unspecified atom stereocenters. The zero-order chi connectivity index (χ0) is 28.8. The number of halogens is 1. The van der Waals surface area contributed by atoms with Crippen LogP contribution in [0.4, 0.5) is 4.39 Å². The monoisotopic (exact) mass is 551 g/mol. The topological polar surface area (TPSA) is 12.9 Å². The lowest BCUT2D eigenvalue weighted by molar-refractivity contribution is 0.628. The smallest absolute Gasteiger partial charge is 0.123 e. The Bertz CT molecular complexity index is 2250. The summed E-state index contributed by atoms with van der Waals surface area (Å²) in [5, 5.41) is 5.70. The fraction of sp³-hybridized carbons (Fsp3) is 0. The second-order valence-electron chi connectivity index (χ2n) is 10.9. The molecule has 0 bridgehead atoms. The molecule has 7 aromatic carbocycles. The summed E-state index contributed by atoms with van der Waals surface area (Å²) >= 11 is 0. The second-order valence-corrected chi connectivity index (χ2v) is 10.9. The average Bonchev–Trinajstić information content (AvgIpc) is 3.08. The molecule has 0 fully saturated rings. The first-order valence-electron chi connectivity index (χ1n) is 14.5. The quantitative estimate of drug-likeness (QED) is 0.198. The molecule has 0 N–H and O–H groups in total. The Morgan fingerprint density at radius 2 is 0.860 bits per heavy atom. The van der Waals surface area contributed by atoms with E-state index in [0.29, 0.717) is 0 Å². The maximum Gasteiger partial charge on any atom is 0.123 e. The minimum Gasteiger partial charge on any atom is -0.247 e. The third-order valence-electron chi connectivity index (χ3n) is 8.34. The van der Waals surface area contributed by atoms with Gasteiger partial charge in [-0.2, -0.15) is 0 Å². The Hall–Kier alpha value is -5.60. The van der Waals surface area contributed by atoms with Gasteiger partial charge in [0.2, 0.25) is 0 Å². The van der Waals surface area contributed by atoms with Gasteiger partial charge in [0.1, 0.15) is 5.82 Å². The van der Waals surface area contributed by atoms with Crippen LogP contribution in [0.2, 0.25) is 0 Å². The van der Waals surface area contributed by atoms with Crippen LogP contribution in [0.25, 0.3) is 77.1 Å². The van der Waals surface area contributed by atoms with Crippen molar-refractivity contribution in [3.05, 3.63) is 164 Å². The molecule has 0 radical (unpaired) electrons. The van der Waals surface area contributed by atoms with Crippen LogP contribution in [0.1, 0.15) is 0 Å². The minimum absolute atomic E-state index is 0.255. The highest BCUT2D eigenvalue weighted by Gasteiger charge is 2.16. The van der Waals surface area contributed by atoms with E-state index in [4.69, 9.17) is 4.98 Å². The molecule has 0 aliphatic carbocycles. The lowest BCUT2D eigenvalue weighted by atomic mass is 9.89. The first-order chi connectivity index (χ1) is 21.2. The molecule has 0 spiro atoms. The van der Waals surface area contributed by atoms with Gasteiger partial charge in [-0.25, -0.2) is 9.37 Å². The molecule has 0 saturated carbocycles. The molecule has 8 aromatic rings. The summed E-state index contributed by atoms with van der Waals surface area (Å²) in [6.45, 7) is 0. The number of hydrogen-bond donors (Lipinski definition) is 0. The van der Waals surface area contributed by atoms with Crippen LogP contribution < -0.4 is 0 Å². The number of rotatable bonds is 4. The fourth-order valence-electron chi connectivity index (χ4n) is 6.21. The Morgan fingerprint density at radius 1 is 0.372 bits per heavy atom. The van der Waals surface area contributed by atoms with Crippen LogP contribution in [0, 0.1) is 5.82 Å². The number of fused-ring (bicyclic) bond motifs is 5. The van der Waals surface area contributed by atoms with Crippen molar-refractivity contribution < 1.29 is 4.39 Å². The number of nitrogens with zero attached hydrogens (tertiary/aromatic N) is 1. The van der Waals surface area contributed by atoms with Gasteiger partial charge in [0, 0.05) is 21.7 Å². The van der Waals surface area contributed by atoms with Gasteiger partial charge < -0.3 is 0 Å². The Kier molecular flexibility index (Phi) is 6.05. The molecule has 0 aliphatic heterocycles. The van der Waals surface area contributed by atoms with E-state index in [-0.39, 0.29) is 5.82 Å². The van der Waals surface area contributed by atoms with E-state index in [2.05, 4.69) is 121 Å². The minimum atomic E-state index is -0.255. The van der Waals surface area contributed by atoms with E-state index < -0.39 is 0 Å². The Balaban J connectivity index is 1.29. The van der Waals surface area contributed by atoms with E-state index in [1.165, 1.54) is 50.5 Å². The van der Waals surface area contributed by atoms with Crippen molar-refractivity contribution >= 4 is 32.4 Å². The van der Waals surface area contributed by atoms with E-state index in [1.54, 1.807) is 0 Å². The molecule has 1 nitrogen and oxygen atoms in total. The Labute approximate surface area is 249 Å². The third-order valence-corrected chi connectivity index (χ3v) is 8.34. The van der Waals surface area contributed by atoms with Crippen LogP contribution in [0.15, 0.2) is 158 Å². The highest BCUT2D eigenvalue weighted by molar-refractivity contribution is 6.25. The van der Waals surface area contributed by atoms with Gasteiger partial charge in [0.25, 0.3) is 0 Å². The predicted molar refractivity (Wildman–Crippen MR) is 178 cm³/mol. The number of para-hydroxylation sites is 1. The number of aromatic nitrogens is 1. The lowest BCUT2D eigenvalue weighted by Crippen LogP contribution is -1.93. The van der Waals surface area contributed by atoms with Gasteiger partial charge in [-0.05, 0) is 80.6 Å². The van der Waals surface area contributed by atoms with Gasteiger partial charge in [0.15, 0.2) is 0 Å². The molecule has 8 rings (SSSR count). The normalized spacial score (nSPS) is 11.4. The summed E-state index contributed by atoms with van der Waals surface area (Å²) in [5.74, 6) is -0.255. The summed E-state index contributed by atoms with van der Waals surface area (Å²) in [4.78, 5) is 5.11. The van der Waals surface area contributed by atoms with Crippen molar-refractivity contribution in [1.29, 1.82) is 0 Å². The molecule has 0 atom stereocenters. The molecular formula is C41H26FN. The van der Waals surface area contributed by atoms with E-state index in [9.17, 15) is 4.39 Å². The van der Waals surface area contributed by atoms with Gasteiger partial charge in [-0.15, -0.1) is 0 Å². The molecule has 0 amide bonds. The van der Waals surface area contributed by atoms with Gasteiger partial charge in [-0.3, -0.25) is 0 Å². The number of hydrogen-bond acceptors (Lipinski definition) is 1. The Morgan fingerprint density at radius 3 is 1.51 bits per heavy atom. The van der Waals surface area contributed by atoms with Crippen molar-refractivity contribution in [3.8, 4) is 44.6 Å². The summed E-state index contributed by atoms with van der Waals surface area (Å²) < 4.78 is 13.9. The summed E-state index contributed by atoms with van der Waals surface area (Å²) in [6.07, 6.45) is 0. The fourth-order valence-corrected chi connectivity index (χ4v) is 6.21. The number of pyridine rings is 1. The maximum atomic E-state index is 13.9. The van der Waals surface area contributed by atoms with Crippen molar-refractivity contribution in [2.75, 3.05) is 0 Å². The van der Waals surface area contributed by atoms with Crippen molar-refractivity contribution in [2.45, 2.75) is 0 Å². The van der Waals surface area contributed by atoms with Crippen LogP contribution in [0.3, 0.4) is 0 Å². The molecular weight excluding hydrogens is 525 g/mol. The molecule has 0 saturated heterocycles. The zero-order valence-electron chi connectivity index (χ0n) is 23.3. The molecule has 1 aromatic heterocycles. The average molecular weight is 552 g/mol.